The Morgan fingerprint density at radius 3 is 2.53 bits per heavy atom. The second kappa shape index (κ2) is 6.23. The first-order valence-corrected chi connectivity index (χ1v) is 5.67. The molecular weight excluding hydrogens is 242 g/mol. The smallest absolute Gasteiger partial charge is 0.172 e. The van der Waals surface area contributed by atoms with E-state index in [0.29, 0.717) is 17.1 Å². The Morgan fingerprint density at radius 2 is 1.79 bits per heavy atom. The number of Topliss-reactive ketones (excluding diaryl/α,β-unsaturated/α-hetero) is 1. The van der Waals surface area contributed by atoms with E-state index in [1.807, 2.05) is 18.2 Å². The van der Waals surface area contributed by atoms with Crippen molar-refractivity contribution in [3.63, 3.8) is 0 Å². The minimum atomic E-state index is -0.274. The quantitative estimate of drug-likeness (QED) is 0.350. The van der Waals surface area contributed by atoms with Crippen molar-refractivity contribution in [3.05, 3.63) is 70.6 Å². The predicted molar refractivity (Wildman–Crippen MR) is 71.3 cm³/mol. The fourth-order valence-electron chi connectivity index (χ4n) is 1.58. The van der Waals surface area contributed by atoms with Gasteiger partial charge in [-0.3, -0.25) is 4.79 Å². The molecule has 0 spiro atoms. The van der Waals surface area contributed by atoms with E-state index < -0.39 is 0 Å². The molecule has 0 amide bonds. The number of azide groups is 1. The molecular formula is C14H11N3O2. The van der Waals surface area contributed by atoms with E-state index in [1.165, 1.54) is 0 Å². The van der Waals surface area contributed by atoms with Crippen LogP contribution < -0.4 is 4.74 Å². The Balaban J connectivity index is 2.26. The summed E-state index contributed by atoms with van der Waals surface area (Å²) in [5, 5.41) is 3.27. The molecule has 0 aliphatic heterocycles. The van der Waals surface area contributed by atoms with Crippen LogP contribution in [0.3, 0.4) is 0 Å². The fraction of sp³-hybridized carbons (Fsp3) is 0.0714. The SMILES string of the molecule is [N-]=[N+]=NCC(=O)c1ccccc1Oc1ccccc1. The molecule has 0 unspecified atom stereocenters. The summed E-state index contributed by atoms with van der Waals surface area (Å²) in [5.74, 6) is 0.822. The molecule has 19 heavy (non-hydrogen) atoms. The molecule has 0 aromatic heterocycles. The van der Waals surface area contributed by atoms with Crippen LogP contribution in [0.2, 0.25) is 0 Å². The highest BCUT2D eigenvalue weighted by Gasteiger charge is 2.11. The summed E-state index contributed by atoms with van der Waals surface area (Å²) in [4.78, 5) is 14.4. The number of hydrogen-bond acceptors (Lipinski definition) is 3. The average molecular weight is 253 g/mol. The van der Waals surface area contributed by atoms with Gasteiger partial charge in [0.05, 0.1) is 12.1 Å². The maximum Gasteiger partial charge on any atom is 0.172 e. The molecule has 0 saturated heterocycles. The van der Waals surface area contributed by atoms with Gasteiger partial charge in [-0.25, -0.2) is 0 Å². The summed E-state index contributed by atoms with van der Waals surface area (Å²) in [7, 11) is 0. The zero-order valence-electron chi connectivity index (χ0n) is 10.1. The van der Waals surface area contributed by atoms with Crippen molar-refractivity contribution in [2.75, 3.05) is 6.54 Å². The number of rotatable bonds is 5. The molecule has 2 rings (SSSR count). The van der Waals surface area contributed by atoms with Gasteiger partial charge >= 0.3 is 0 Å². The highest BCUT2D eigenvalue weighted by atomic mass is 16.5. The Labute approximate surface area is 110 Å². The average Bonchev–Trinajstić information content (AvgIpc) is 2.46. The van der Waals surface area contributed by atoms with E-state index in [4.69, 9.17) is 10.3 Å². The molecule has 0 aliphatic rings. The number of benzene rings is 2. The third-order valence-corrected chi connectivity index (χ3v) is 2.44. The first-order chi connectivity index (χ1) is 9.31. The molecule has 0 fully saturated rings. The first kappa shape index (κ1) is 12.7. The monoisotopic (exact) mass is 253 g/mol. The standard InChI is InChI=1S/C14H11N3O2/c15-17-16-10-13(18)12-8-4-5-9-14(12)19-11-6-2-1-3-7-11/h1-9H,10H2. The van der Waals surface area contributed by atoms with Crippen molar-refractivity contribution in [1.29, 1.82) is 0 Å². The van der Waals surface area contributed by atoms with Gasteiger partial charge in [-0.2, -0.15) is 0 Å². The van der Waals surface area contributed by atoms with Crippen LogP contribution in [0, 0.1) is 0 Å². The second-order valence-corrected chi connectivity index (χ2v) is 3.72. The van der Waals surface area contributed by atoms with Crippen molar-refractivity contribution >= 4 is 5.78 Å². The van der Waals surface area contributed by atoms with Gasteiger partial charge in [0.25, 0.3) is 0 Å². The molecule has 0 heterocycles. The van der Waals surface area contributed by atoms with Crippen LogP contribution >= 0.6 is 0 Å². The molecule has 0 N–H and O–H groups in total. The first-order valence-electron chi connectivity index (χ1n) is 5.67. The highest BCUT2D eigenvalue weighted by molar-refractivity contribution is 6.00. The predicted octanol–water partition coefficient (Wildman–Crippen LogP) is 3.97. The number of ketones is 1. The summed E-state index contributed by atoms with van der Waals surface area (Å²) in [6.07, 6.45) is 0. The molecule has 0 atom stereocenters. The van der Waals surface area contributed by atoms with Gasteiger partial charge in [0.2, 0.25) is 0 Å². The number of ether oxygens (including phenoxy) is 1. The van der Waals surface area contributed by atoms with Crippen LogP contribution in [0.1, 0.15) is 10.4 Å². The topological polar surface area (TPSA) is 75.1 Å². The van der Waals surface area contributed by atoms with Crippen molar-refractivity contribution in [1.82, 2.24) is 0 Å². The van der Waals surface area contributed by atoms with E-state index in [-0.39, 0.29) is 12.3 Å². The maximum atomic E-state index is 11.9. The van der Waals surface area contributed by atoms with E-state index in [0.717, 1.165) is 0 Å². The zero-order chi connectivity index (χ0) is 13.5. The van der Waals surface area contributed by atoms with Crippen LogP contribution in [0.4, 0.5) is 0 Å². The van der Waals surface area contributed by atoms with Crippen molar-refractivity contribution in [2.45, 2.75) is 0 Å². The third-order valence-electron chi connectivity index (χ3n) is 2.44. The van der Waals surface area contributed by atoms with Gasteiger partial charge in [0.1, 0.15) is 11.5 Å². The number of para-hydroxylation sites is 2. The summed E-state index contributed by atoms with van der Waals surface area (Å²) < 4.78 is 5.65. The lowest BCUT2D eigenvalue weighted by Crippen LogP contribution is -2.04. The second-order valence-electron chi connectivity index (χ2n) is 3.72. The van der Waals surface area contributed by atoms with Crippen LogP contribution in [0.25, 0.3) is 10.4 Å². The minimum absolute atomic E-state index is 0.217. The largest absolute Gasteiger partial charge is 0.457 e. The van der Waals surface area contributed by atoms with Crippen LogP contribution in [0.15, 0.2) is 59.7 Å². The van der Waals surface area contributed by atoms with E-state index >= 15 is 0 Å². The molecule has 2 aromatic carbocycles. The molecule has 5 nitrogen and oxygen atoms in total. The van der Waals surface area contributed by atoms with Crippen molar-refractivity contribution < 1.29 is 9.53 Å². The normalized spacial score (nSPS) is 9.47. The number of carbonyl (C=O) groups is 1. The van der Waals surface area contributed by atoms with Crippen molar-refractivity contribution in [2.24, 2.45) is 5.11 Å². The maximum absolute atomic E-state index is 11.9. The van der Waals surface area contributed by atoms with Gasteiger partial charge in [-0.05, 0) is 29.8 Å². The lowest BCUT2D eigenvalue weighted by Gasteiger charge is -2.09. The summed E-state index contributed by atoms with van der Waals surface area (Å²) >= 11 is 0. The zero-order valence-corrected chi connectivity index (χ0v) is 10.1. The lowest BCUT2D eigenvalue weighted by molar-refractivity contribution is 0.0999. The number of hydrogen-bond donors (Lipinski definition) is 0. The van der Waals surface area contributed by atoms with Gasteiger partial charge in [-0.15, -0.1) is 0 Å². The summed E-state index contributed by atoms with van der Waals surface area (Å²) in [6, 6.07) is 16.0. The Hall–Kier alpha value is -2.78. The molecule has 0 radical (unpaired) electrons. The van der Waals surface area contributed by atoms with Gasteiger partial charge in [-0.1, -0.05) is 35.4 Å². The highest BCUT2D eigenvalue weighted by Crippen LogP contribution is 2.25. The Morgan fingerprint density at radius 1 is 1.11 bits per heavy atom. The van der Waals surface area contributed by atoms with Crippen LogP contribution in [-0.2, 0) is 0 Å². The number of nitrogens with zero attached hydrogens (tertiary/aromatic N) is 3. The van der Waals surface area contributed by atoms with Gasteiger partial charge in [0, 0.05) is 4.91 Å². The summed E-state index contributed by atoms with van der Waals surface area (Å²) in [6.45, 7) is -0.217. The van der Waals surface area contributed by atoms with Gasteiger partial charge < -0.3 is 4.74 Å². The lowest BCUT2D eigenvalue weighted by atomic mass is 10.1. The Kier molecular flexibility index (Phi) is 4.16. The molecule has 0 bridgehead atoms. The molecule has 0 saturated carbocycles. The molecule has 5 heteroatoms. The molecule has 2 aromatic rings. The van der Waals surface area contributed by atoms with E-state index in [2.05, 4.69) is 10.0 Å². The van der Waals surface area contributed by atoms with E-state index in [1.54, 1.807) is 36.4 Å². The minimum Gasteiger partial charge on any atom is -0.457 e. The van der Waals surface area contributed by atoms with Crippen LogP contribution in [-0.4, -0.2) is 12.3 Å². The fourth-order valence-corrected chi connectivity index (χ4v) is 1.58. The van der Waals surface area contributed by atoms with Crippen molar-refractivity contribution in [3.8, 4) is 11.5 Å². The summed E-state index contributed by atoms with van der Waals surface area (Å²) in [5.41, 5.74) is 8.64. The number of carbonyl (C=O) groups excluding carboxylic acids is 1. The van der Waals surface area contributed by atoms with Crippen LogP contribution in [0.5, 0.6) is 11.5 Å². The Bertz CT molecular complexity index is 620. The van der Waals surface area contributed by atoms with E-state index in [9.17, 15) is 4.79 Å². The van der Waals surface area contributed by atoms with Gasteiger partial charge in [0.15, 0.2) is 5.78 Å². The third kappa shape index (κ3) is 3.34. The molecule has 94 valence electrons. The molecule has 0 aliphatic carbocycles.